The minimum absolute atomic E-state index is 0.161. The minimum atomic E-state index is -0.451. The standard InChI is InChI=1S/C15H10Cl2FN3/c16-9-13-19-20-15(14-11(17)7-4-8-12(14)18)21(13)10-5-2-1-3-6-10/h1-8H,9H2. The molecule has 3 aromatic rings. The second kappa shape index (κ2) is 5.84. The first kappa shape index (κ1) is 14.0. The predicted molar refractivity (Wildman–Crippen MR) is 81.3 cm³/mol. The maximum atomic E-state index is 14.1. The molecule has 1 aromatic heterocycles. The lowest BCUT2D eigenvalue weighted by Gasteiger charge is -2.10. The van der Waals surface area contributed by atoms with Crippen molar-refractivity contribution in [2.45, 2.75) is 5.88 Å². The van der Waals surface area contributed by atoms with Gasteiger partial charge in [-0.2, -0.15) is 0 Å². The van der Waals surface area contributed by atoms with Crippen LogP contribution in [0.4, 0.5) is 4.39 Å². The number of rotatable bonds is 3. The summed E-state index contributed by atoms with van der Waals surface area (Å²) in [5, 5.41) is 8.36. The molecule has 0 aliphatic carbocycles. The van der Waals surface area contributed by atoms with E-state index in [1.807, 2.05) is 30.3 Å². The van der Waals surface area contributed by atoms with Crippen LogP contribution in [0.15, 0.2) is 48.5 Å². The molecule has 0 aliphatic heterocycles. The Kier molecular flexibility index (Phi) is 3.90. The van der Waals surface area contributed by atoms with E-state index in [0.29, 0.717) is 11.6 Å². The smallest absolute Gasteiger partial charge is 0.173 e. The fourth-order valence-electron chi connectivity index (χ4n) is 2.12. The molecule has 21 heavy (non-hydrogen) atoms. The molecule has 1 heterocycles. The molecule has 0 amide bonds. The van der Waals surface area contributed by atoms with Gasteiger partial charge in [0.1, 0.15) is 5.82 Å². The first-order chi connectivity index (χ1) is 10.2. The molecule has 0 unspecified atom stereocenters. The molecular formula is C15H10Cl2FN3. The summed E-state index contributed by atoms with van der Waals surface area (Å²) in [6.45, 7) is 0. The Bertz CT molecular complexity index is 752. The van der Waals surface area contributed by atoms with Crippen LogP contribution in [0.25, 0.3) is 17.1 Å². The van der Waals surface area contributed by atoms with Gasteiger partial charge in [-0.05, 0) is 24.3 Å². The highest BCUT2D eigenvalue weighted by atomic mass is 35.5. The summed E-state index contributed by atoms with van der Waals surface area (Å²) >= 11 is 12.0. The number of aromatic nitrogens is 3. The lowest BCUT2D eigenvalue weighted by molar-refractivity contribution is 0.629. The maximum Gasteiger partial charge on any atom is 0.173 e. The fraction of sp³-hybridized carbons (Fsp3) is 0.0667. The summed E-state index contributed by atoms with van der Waals surface area (Å²) in [6.07, 6.45) is 0. The van der Waals surface area contributed by atoms with E-state index in [-0.39, 0.29) is 16.5 Å². The van der Waals surface area contributed by atoms with Gasteiger partial charge < -0.3 is 0 Å². The molecule has 0 saturated heterocycles. The Balaban J connectivity index is 2.28. The van der Waals surface area contributed by atoms with Crippen molar-refractivity contribution in [2.24, 2.45) is 0 Å². The van der Waals surface area contributed by atoms with Gasteiger partial charge in [0.2, 0.25) is 0 Å². The Morgan fingerprint density at radius 1 is 1.00 bits per heavy atom. The average molecular weight is 322 g/mol. The van der Waals surface area contributed by atoms with Crippen molar-refractivity contribution < 1.29 is 4.39 Å². The van der Waals surface area contributed by atoms with Crippen LogP contribution in [-0.2, 0) is 5.88 Å². The number of nitrogens with zero attached hydrogens (tertiary/aromatic N) is 3. The van der Waals surface area contributed by atoms with Crippen LogP contribution in [0.2, 0.25) is 5.02 Å². The van der Waals surface area contributed by atoms with Crippen LogP contribution in [0.5, 0.6) is 0 Å². The lowest BCUT2D eigenvalue weighted by Crippen LogP contribution is -2.02. The zero-order chi connectivity index (χ0) is 14.8. The number of para-hydroxylation sites is 1. The third-order valence-corrected chi connectivity index (χ3v) is 3.60. The molecule has 0 aliphatic rings. The number of benzene rings is 2. The van der Waals surface area contributed by atoms with Crippen molar-refractivity contribution in [3.05, 3.63) is 65.2 Å². The first-order valence-electron chi connectivity index (χ1n) is 6.22. The summed E-state index contributed by atoms with van der Waals surface area (Å²) in [6, 6.07) is 13.9. The van der Waals surface area contributed by atoms with Gasteiger partial charge in [-0.25, -0.2) is 4.39 Å². The van der Waals surface area contributed by atoms with E-state index in [0.717, 1.165) is 5.69 Å². The number of alkyl halides is 1. The summed E-state index contributed by atoms with van der Waals surface area (Å²) in [7, 11) is 0. The van der Waals surface area contributed by atoms with E-state index in [1.54, 1.807) is 16.7 Å². The maximum absolute atomic E-state index is 14.1. The van der Waals surface area contributed by atoms with Crippen LogP contribution < -0.4 is 0 Å². The molecule has 0 fully saturated rings. The first-order valence-corrected chi connectivity index (χ1v) is 7.13. The Hall–Kier alpha value is -1.91. The second-order valence-electron chi connectivity index (χ2n) is 4.34. The van der Waals surface area contributed by atoms with Gasteiger partial charge in [0.25, 0.3) is 0 Å². The molecule has 0 bridgehead atoms. The Morgan fingerprint density at radius 2 is 1.76 bits per heavy atom. The van der Waals surface area contributed by atoms with E-state index in [2.05, 4.69) is 10.2 Å². The number of hydrogen-bond donors (Lipinski definition) is 0. The minimum Gasteiger partial charge on any atom is -0.278 e. The van der Waals surface area contributed by atoms with Crippen molar-refractivity contribution in [2.75, 3.05) is 0 Å². The second-order valence-corrected chi connectivity index (χ2v) is 5.02. The molecule has 0 saturated carbocycles. The van der Waals surface area contributed by atoms with Gasteiger partial charge in [-0.3, -0.25) is 4.57 Å². The van der Waals surface area contributed by atoms with Gasteiger partial charge in [0.15, 0.2) is 11.6 Å². The quantitative estimate of drug-likeness (QED) is 0.666. The van der Waals surface area contributed by atoms with Crippen LogP contribution in [0, 0.1) is 5.82 Å². The van der Waals surface area contributed by atoms with E-state index in [4.69, 9.17) is 23.2 Å². The molecule has 0 spiro atoms. The summed E-state index contributed by atoms with van der Waals surface area (Å²) < 4.78 is 15.9. The monoisotopic (exact) mass is 321 g/mol. The highest BCUT2D eigenvalue weighted by Gasteiger charge is 2.20. The zero-order valence-electron chi connectivity index (χ0n) is 10.8. The Morgan fingerprint density at radius 3 is 2.43 bits per heavy atom. The molecule has 3 rings (SSSR count). The third kappa shape index (κ3) is 2.52. The van der Waals surface area contributed by atoms with E-state index in [1.165, 1.54) is 6.07 Å². The zero-order valence-corrected chi connectivity index (χ0v) is 12.3. The normalized spacial score (nSPS) is 10.8. The topological polar surface area (TPSA) is 30.7 Å². The third-order valence-electron chi connectivity index (χ3n) is 3.05. The SMILES string of the molecule is Fc1cccc(Cl)c1-c1nnc(CCl)n1-c1ccccc1. The van der Waals surface area contributed by atoms with Crippen molar-refractivity contribution >= 4 is 23.2 Å². The number of hydrogen-bond acceptors (Lipinski definition) is 2. The Labute approximate surface area is 131 Å². The molecule has 0 atom stereocenters. The van der Waals surface area contributed by atoms with Crippen LogP contribution in [0.1, 0.15) is 5.82 Å². The van der Waals surface area contributed by atoms with E-state index < -0.39 is 5.82 Å². The highest BCUT2D eigenvalue weighted by Crippen LogP contribution is 2.31. The average Bonchev–Trinajstić information content (AvgIpc) is 2.91. The molecule has 6 heteroatoms. The van der Waals surface area contributed by atoms with Crippen LogP contribution in [0.3, 0.4) is 0 Å². The number of halogens is 3. The van der Waals surface area contributed by atoms with Crippen LogP contribution in [-0.4, -0.2) is 14.8 Å². The van der Waals surface area contributed by atoms with Gasteiger partial charge >= 0.3 is 0 Å². The fourth-order valence-corrected chi connectivity index (χ4v) is 2.55. The summed E-state index contributed by atoms with van der Waals surface area (Å²) in [5.41, 5.74) is 1.01. The van der Waals surface area contributed by atoms with Gasteiger partial charge in [-0.15, -0.1) is 21.8 Å². The molecule has 106 valence electrons. The van der Waals surface area contributed by atoms with Gasteiger partial charge in [0.05, 0.1) is 16.5 Å². The van der Waals surface area contributed by atoms with Gasteiger partial charge in [0, 0.05) is 5.69 Å². The lowest BCUT2D eigenvalue weighted by atomic mass is 10.2. The van der Waals surface area contributed by atoms with Crippen molar-refractivity contribution in [1.29, 1.82) is 0 Å². The largest absolute Gasteiger partial charge is 0.278 e. The van der Waals surface area contributed by atoms with E-state index >= 15 is 0 Å². The molecule has 3 nitrogen and oxygen atoms in total. The van der Waals surface area contributed by atoms with E-state index in [9.17, 15) is 4.39 Å². The van der Waals surface area contributed by atoms with Crippen molar-refractivity contribution in [3.63, 3.8) is 0 Å². The predicted octanol–water partition coefficient (Wildman–Crippen LogP) is 4.47. The summed E-state index contributed by atoms with van der Waals surface area (Å²) in [4.78, 5) is 0. The van der Waals surface area contributed by atoms with Crippen molar-refractivity contribution in [1.82, 2.24) is 14.8 Å². The summed E-state index contributed by atoms with van der Waals surface area (Å²) in [5.74, 6) is 0.568. The molecule has 0 N–H and O–H groups in total. The highest BCUT2D eigenvalue weighted by molar-refractivity contribution is 6.33. The van der Waals surface area contributed by atoms with Gasteiger partial charge in [-0.1, -0.05) is 35.9 Å². The van der Waals surface area contributed by atoms with Crippen molar-refractivity contribution in [3.8, 4) is 17.1 Å². The molecular weight excluding hydrogens is 312 g/mol. The van der Waals surface area contributed by atoms with Crippen LogP contribution >= 0.6 is 23.2 Å². The molecule has 2 aromatic carbocycles. The molecule has 0 radical (unpaired) electrons.